The first kappa shape index (κ1) is 26.1. The summed E-state index contributed by atoms with van der Waals surface area (Å²) in [5.74, 6) is -1.11. The van der Waals surface area contributed by atoms with Crippen LogP contribution in [0.25, 0.3) is 0 Å². The Hall–Kier alpha value is -1.02. The average Bonchev–Trinajstić information content (AvgIpc) is 3.18. The summed E-state index contributed by atoms with van der Waals surface area (Å²) in [4.78, 5) is 0. The van der Waals surface area contributed by atoms with Crippen LogP contribution in [0.5, 0.6) is 0 Å². The zero-order valence-electron chi connectivity index (χ0n) is 22.1. The largest absolute Gasteiger partial charge is 0.405 e. The highest BCUT2D eigenvalue weighted by molar-refractivity contribution is 6.73. The third-order valence-corrected chi connectivity index (χ3v) is 13.7. The zero-order chi connectivity index (χ0) is 24.8. The van der Waals surface area contributed by atoms with Crippen molar-refractivity contribution in [2.24, 2.45) is 11.3 Å². The van der Waals surface area contributed by atoms with Crippen LogP contribution in [0.15, 0.2) is 41.5 Å². The van der Waals surface area contributed by atoms with Crippen LogP contribution in [0.1, 0.15) is 60.5 Å². The van der Waals surface area contributed by atoms with Crippen molar-refractivity contribution in [3.8, 4) is 0 Å². The fourth-order valence-electron chi connectivity index (χ4n) is 6.33. The lowest BCUT2D eigenvalue weighted by molar-refractivity contribution is -0.294. The van der Waals surface area contributed by atoms with Crippen molar-refractivity contribution in [1.29, 1.82) is 0 Å². The van der Waals surface area contributed by atoms with Gasteiger partial charge in [-0.25, -0.2) is 0 Å². The molecule has 6 heteroatoms. The second kappa shape index (κ2) is 9.45. The SMILES string of the molecule is CC[Si](CC)(CC)O[C@H]1C(C)(C)O[C@@H]2C[C@@H](C)[C@](C)(COCc3ccccc3)C3=C2[C@]1(O)OC3. The molecule has 5 atom stereocenters. The molecule has 0 unspecified atom stereocenters. The van der Waals surface area contributed by atoms with Crippen molar-refractivity contribution in [3.05, 3.63) is 47.0 Å². The van der Waals surface area contributed by atoms with Crippen molar-refractivity contribution in [1.82, 2.24) is 0 Å². The molecule has 34 heavy (non-hydrogen) atoms. The molecule has 1 aliphatic carbocycles. The summed E-state index contributed by atoms with van der Waals surface area (Å²) in [5.41, 5.74) is 2.35. The summed E-state index contributed by atoms with van der Waals surface area (Å²) in [6, 6.07) is 13.3. The van der Waals surface area contributed by atoms with E-state index in [-0.39, 0.29) is 11.5 Å². The number of aliphatic hydroxyl groups is 1. The Kier molecular flexibility index (Phi) is 7.24. The third-order valence-electron chi connectivity index (χ3n) is 9.06. The summed E-state index contributed by atoms with van der Waals surface area (Å²) in [6.07, 6.45) is 0.137. The summed E-state index contributed by atoms with van der Waals surface area (Å²) >= 11 is 0. The van der Waals surface area contributed by atoms with Gasteiger partial charge in [-0.2, -0.15) is 0 Å². The van der Waals surface area contributed by atoms with E-state index in [1.165, 1.54) is 5.56 Å². The van der Waals surface area contributed by atoms with Gasteiger partial charge in [-0.15, -0.1) is 0 Å². The molecular weight excluding hydrogens is 444 g/mol. The van der Waals surface area contributed by atoms with E-state index in [0.717, 1.165) is 35.7 Å². The second-order valence-corrected chi connectivity index (χ2v) is 16.1. The molecule has 1 fully saturated rings. The molecular formula is C28H44O5Si. The van der Waals surface area contributed by atoms with Crippen molar-refractivity contribution >= 4 is 8.32 Å². The molecule has 3 aliphatic rings. The predicted octanol–water partition coefficient (Wildman–Crippen LogP) is 5.83. The highest BCUT2D eigenvalue weighted by atomic mass is 28.4. The van der Waals surface area contributed by atoms with Gasteiger partial charge in [0, 0.05) is 11.0 Å². The number of hydrogen-bond acceptors (Lipinski definition) is 5. The van der Waals surface area contributed by atoms with E-state index < -0.39 is 25.8 Å². The first-order valence-corrected chi connectivity index (χ1v) is 15.7. The smallest absolute Gasteiger partial charge is 0.220 e. The van der Waals surface area contributed by atoms with E-state index in [4.69, 9.17) is 18.6 Å². The fourth-order valence-corrected chi connectivity index (χ4v) is 9.27. The molecule has 190 valence electrons. The lowest BCUT2D eigenvalue weighted by Crippen LogP contribution is -2.67. The Morgan fingerprint density at radius 2 is 1.71 bits per heavy atom. The first-order valence-electron chi connectivity index (χ1n) is 13.1. The Bertz CT molecular complexity index is 887. The molecule has 1 aromatic rings. The lowest BCUT2D eigenvalue weighted by atomic mass is 9.62. The van der Waals surface area contributed by atoms with Crippen LogP contribution in [0.3, 0.4) is 0 Å². The van der Waals surface area contributed by atoms with E-state index in [0.29, 0.717) is 25.7 Å². The first-order chi connectivity index (χ1) is 16.0. The van der Waals surface area contributed by atoms with Gasteiger partial charge in [0.2, 0.25) is 5.79 Å². The number of ether oxygens (including phenoxy) is 3. The third kappa shape index (κ3) is 4.25. The molecule has 0 bridgehead atoms. The van der Waals surface area contributed by atoms with Gasteiger partial charge in [0.25, 0.3) is 0 Å². The average molecular weight is 489 g/mol. The maximum absolute atomic E-state index is 12.2. The molecule has 1 N–H and O–H groups in total. The highest BCUT2D eigenvalue weighted by Crippen LogP contribution is 2.57. The predicted molar refractivity (Wildman–Crippen MR) is 137 cm³/mol. The Morgan fingerprint density at radius 3 is 2.32 bits per heavy atom. The molecule has 4 rings (SSSR count). The number of benzene rings is 1. The minimum absolute atomic E-state index is 0.157. The molecule has 0 amide bonds. The van der Waals surface area contributed by atoms with Gasteiger partial charge in [0.1, 0.15) is 6.10 Å². The summed E-state index contributed by atoms with van der Waals surface area (Å²) in [5, 5.41) is 12.2. The molecule has 0 radical (unpaired) electrons. The topological polar surface area (TPSA) is 57.2 Å². The van der Waals surface area contributed by atoms with Crippen LogP contribution in [0.2, 0.25) is 18.1 Å². The molecule has 0 aromatic heterocycles. The minimum atomic E-state index is -2.01. The minimum Gasteiger partial charge on any atom is -0.405 e. The van der Waals surface area contributed by atoms with Crippen LogP contribution >= 0.6 is 0 Å². The van der Waals surface area contributed by atoms with Gasteiger partial charge in [-0.3, -0.25) is 0 Å². The van der Waals surface area contributed by atoms with E-state index in [2.05, 4.69) is 60.6 Å². The number of hydrogen-bond donors (Lipinski definition) is 1. The molecule has 0 saturated carbocycles. The van der Waals surface area contributed by atoms with Crippen molar-refractivity contribution in [2.75, 3.05) is 13.2 Å². The van der Waals surface area contributed by atoms with Gasteiger partial charge in [0.15, 0.2) is 8.32 Å². The van der Waals surface area contributed by atoms with Gasteiger partial charge in [-0.1, -0.05) is 65.0 Å². The summed E-state index contributed by atoms with van der Waals surface area (Å²) in [6.45, 7) is 16.8. The van der Waals surface area contributed by atoms with Gasteiger partial charge < -0.3 is 23.7 Å². The molecule has 0 spiro atoms. The Labute approximate surface area is 207 Å². The van der Waals surface area contributed by atoms with Crippen LogP contribution in [-0.4, -0.2) is 50.2 Å². The van der Waals surface area contributed by atoms with Crippen LogP contribution < -0.4 is 0 Å². The maximum Gasteiger partial charge on any atom is 0.220 e. The monoisotopic (exact) mass is 488 g/mol. The summed E-state index contributed by atoms with van der Waals surface area (Å²) < 4.78 is 26.2. The van der Waals surface area contributed by atoms with Crippen LogP contribution in [-0.2, 0) is 25.2 Å². The Morgan fingerprint density at radius 1 is 1.06 bits per heavy atom. The molecule has 2 heterocycles. The van der Waals surface area contributed by atoms with Gasteiger partial charge in [0.05, 0.1) is 31.5 Å². The van der Waals surface area contributed by atoms with E-state index in [9.17, 15) is 5.11 Å². The van der Waals surface area contributed by atoms with Crippen molar-refractivity contribution in [2.45, 2.75) is 103 Å². The standard InChI is InChI=1S/C28H44O5Si/c1-8-34(9-2,10-3)33-25-26(5,6)32-23-16-20(4)27(7,22-18-31-28(25,29)24(22)23)19-30-17-21-14-12-11-13-15-21/h11-15,20,23,25,29H,8-10,16-19H2,1-7H3/t20-,23-,25+,27+,28+/m1/s1. The van der Waals surface area contributed by atoms with E-state index in [1.807, 2.05) is 18.2 Å². The maximum atomic E-state index is 12.2. The quantitative estimate of drug-likeness (QED) is 0.350. The second-order valence-electron chi connectivity index (χ2n) is 11.4. The van der Waals surface area contributed by atoms with E-state index >= 15 is 0 Å². The lowest BCUT2D eigenvalue weighted by Gasteiger charge is -2.55. The van der Waals surface area contributed by atoms with Crippen LogP contribution in [0.4, 0.5) is 0 Å². The summed E-state index contributed by atoms with van der Waals surface area (Å²) in [7, 11) is -2.01. The van der Waals surface area contributed by atoms with Crippen molar-refractivity contribution in [3.63, 3.8) is 0 Å². The van der Waals surface area contributed by atoms with E-state index in [1.54, 1.807) is 0 Å². The zero-order valence-corrected chi connectivity index (χ0v) is 23.1. The van der Waals surface area contributed by atoms with Crippen LogP contribution in [0, 0.1) is 11.3 Å². The molecule has 1 saturated heterocycles. The number of rotatable bonds is 9. The highest BCUT2D eigenvalue weighted by Gasteiger charge is 2.65. The fraction of sp³-hybridized carbons (Fsp3) is 0.714. The van der Waals surface area contributed by atoms with Gasteiger partial charge in [-0.05, 0) is 55.5 Å². The molecule has 5 nitrogen and oxygen atoms in total. The van der Waals surface area contributed by atoms with Gasteiger partial charge >= 0.3 is 0 Å². The Balaban J connectivity index is 1.66. The normalized spacial score (nSPS) is 34.9. The van der Waals surface area contributed by atoms with Crippen molar-refractivity contribution < 1.29 is 23.7 Å². The molecule has 1 aromatic carbocycles. The molecule has 2 aliphatic heterocycles.